The maximum atomic E-state index is 7.91. The number of guanidine groups is 1. The van der Waals surface area contributed by atoms with E-state index in [0.29, 0.717) is 12.4 Å². The zero-order chi connectivity index (χ0) is 17.6. The summed E-state index contributed by atoms with van der Waals surface area (Å²) in [6.07, 6.45) is 1.76. The van der Waals surface area contributed by atoms with Crippen molar-refractivity contribution in [3.8, 4) is 11.5 Å². The number of ether oxygens (including phenoxy) is 1. The number of nitrogens with two attached hydrogens (primary N) is 1. The van der Waals surface area contributed by atoms with Crippen molar-refractivity contribution in [2.45, 2.75) is 13.5 Å². The van der Waals surface area contributed by atoms with E-state index in [1.54, 1.807) is 11.1 Å². The second-order valence-electron chi connectivity index (χ2n) is 5.69. The fourth-order valence-corrected chi connectivity index (χ4v) is 2.43. The van der Waals surface area contributed by atoms with Gasteiger partial charge in [-0.2, -0.15) is 0 Å². The van der Waals surface area contributed by atoms with Crippen molar-refractivity contribution < 1.29 is 4.74 Å². The molecule has 26 heavy (non-hydrogen) atoms. The molecule has 1 heterocycles. The summed E-state index contributed by atoms with van der Waals surface area (Å²) < 4.78 is 5.99. The second kappa shape index (κ2) is 8.87. The van der Waals surface area contributed by atoms with Crippen molar-refractivity contribution >= 4 is 24.2 Å². The van der Waals surface area contributed by atoms with Gasteiger partial charge in [0.25, 0.3) is 0 Å². The van der Waals surface area contributed by atoms with Gasteiger partial charge in [0.2, 0.25) is 0 Å². The van der Waals surface area contributed by atoms with Gasteiger partial charge in [-0.1, -0.05) is 42.5 Å². The van der Waals surface area contributed by atoms with E-state index in [1.165, 1.54) is 0 Å². The van der Waals surface area contributed by atoms with Crippen LogP contribution in [0.4, 0.5) is 5.82 Å². The molecule has 0 spiro atoms. The molecule has 0 aliphatic rings. The standard InChI is InChI=1S/C20H20N4O.ClH/c1-15-11-12-19(23-13-15)24(20(21)22)14-16-7-5-6-10-18(16)25-17-8-3-2-4-9-17;/h2-13H,14H2,1H3,(H3,21,22);1H. The highest BCUT2D eigenvalue weighted by molar-refractivity contribution is 5.91. The first-order chi connectivity index (χ1) is 12.1. The largest absolute Gasteiger partial charge is 0.457 e. The third-order valence-electron chi connectivity index (χ3n) is 3.74. The van der Waals surface area contributed by atoms with Gasteiger partial charge in [-0.25, -0.2) is 4.98 Å². The molecule has 0 saturated heterocycles. The van der Waals surface area contributed by atoms with E-state index in [9.17, 15) is 0 Å². The second-order valence-corrected chi connectivity index (χ2v) is 5.69. The Labute approximate surface area is 159 Å². The van der Waals surface area contributed by atoms with Gasteiger partial charge in [0.1, 0.15) is 17.3 Å². The molecule has 0 fully saturated rings. The fourth-order valence-electron chi connectivity index (χ4n) is 2.43. The minimum atomic E-state index is -0.0640. The Bertz CT molecular complexity index is 853. The first-order valence-corrected chi connectivity index (χ1v) is 7.98. The van der Waals surface area contributed by atoms with Crippen LogP contribution in [0.3, 0.4) is 0 Å². The van der Waals surface area contributed by atoms with Crippen LogP contribution in [-0.4, -0.2) is 10.9 Å². The predicted molar refractivity (Wildman–Crippen MR) is 107 cm³/mol. The van der Waals surface area contributed by atoms with Crippen molar-refractivity contribution in [3.05, 3.63) is 84.1 Å². The Kier molecular flexibility index (Phi) is 6.58. The molecule has 0 atom stereocenters. The molecule has 0 saturated carbocycles. The number of halogens is 1. The van der Waals surface area contributed by atoms with Gasteiger partial charge >= 0.3 is 0 Å². The summed E-state index contributed by atoms with van der Waals surface area (Å²) in [5.74, 6) is 2.06. The number of nitrogens with one attached hydrogen (secondary N) is 1. The minimum Gasteiger partial charge on any atom is -0.457 e. The van der Waals surface area contributed by atoms with E-state index in [1.807, 2.05) is 73.7 Å². The number of aromatic nitrogens is 1. The van der Waals surface area contributed by atoms with Crippen LogP contribution in [0.5, 0.6) is 11.5 Å². The van der Waals surface area contributed by atoms with E-state index in [0.717, 1.165) is 22.6 Å². The molecule has 2 aromatic carbocycles. The monoisotopic (exact) mass is 368 g/mol. The number of rotatable bonds is 5. The summed E-state index contributed by atoms with van der Waals surface area (Å²) >= 11 is 0. The topological polar surface area (TPSA) is 75.2 Å². The van der Waals surface area contributed by atoms with Gasteiger partial charge in [0.15, 0.2) is 5.96 Å². The number of benzene rings is 2. The summed E-state index contributed by atoms with van der Waals surface area (Å²) in [5, 5.41) is 7.91. The van der Waals surface area contributed by atoms with E-state index >= 15 is 0 Å². The summed E-state index contributed by atoms with van der Waals surface area (Å²) in [6.45, 7) is 2.37. The van der Waals surface area contributed by atoms with Crippen molar-refractivity contribution in [1.82, 2.24) is 4.98 Å². The number of hydrogen-bond acceptors (Lipinski definition) is 3. The highest BCUT2D eigenvalue weighted by Gasteiger charge is 2.14. The first-order valence-electron chi connectivity index (χ1n) is 7.98. The Hall–Kier alpha value is -3.05. The highest BCUT2D eigenvalue weighted by atomic mass is 35.5. The lowest BCUT2D eigenvalue weighted by atomic mass is 10.2. The molecule has 3 rings (SSSR count). The number of hydrogen-bond donors (Lipinski definition) is 2. The zero-order valence-corrected chi connectivity index (χ0v) is 15.2. The maximum Gasteiger partial charge on any atom is 0.194 e. The number of nitrogens with zero attached hydrogens (tertiary/aromatic N) is 2. The minimum absolute atomic E-state index is 0. The number of aryl methyl sites for hydroxylation is 1. The molecule has 5 nitrogen and oxygen atoms in total. The van der Waals surface area contributed by atoms with Crippen LogP contribution >= 0.6 is 12.4 Å². The van der Waals surface area contributed by atoms with Crippen molar-refractivity contribution in [3.63, 3.8) is 0 Å². The first kappa shape index (κ1) is 19.3. The molecule has 0 radical (unpaired) electrons. The zero-order valence-electron chi connectivity index (χ0n) is 14.4. The summed E-state index contributed by atoms with van der Waals surface area (Å²) in [5.41, 5.74) is 7.76. The predicted octanol–water partition coefficient (Wildman–Crippen LogP) is 4.50. The molecule has 0 amide bonds. The molecule has 1 aromatic heterocycles. The lowest BCUT2D eigenvalue weighted by Crippen LogP contribution is -2.36. The number of pyridine rings is 1. The molecule has 3 aromatic rings. The van der Waals surface area contributed by atoms with E-state index in [4.69, 9.17) is 15.9 Å². The van der Waals surface area contributed by atoms with Gasteiger partial charge < -0.3 is 10.5 Å². The quantitative estimate of drug-likeness (QED) is 0.513. The Morgan fingerprint density at radius 1 is 1.04 bits per heavy atom. The van der Waals surface area contributed by atoms with Crippen molar-refractivity contribution in [1.29, 1.82) is 5.41 Å². The normalized spacial score (nSPS) is 9.88. The molecule has 0 bridgehead atoms. The van der Waals surface area contributed by atoms with Crippen molar-refractivity contribution in [2.24, 2.45) is 5.73 Å². The maximum absolute atomic E-state index is 7.91. The molecule has 3 N–H and O–H groups in total. The highest BCUT2D eigenvalue weighted by Crippen LogP contribution is 2.27. The number of anilines is 1. The van der Waals surface area contributed by atoms with Crippen LogP contribution in [-0.2, 0) is 6.54 Å². The van der Waals surface area contributed by atoms with Gasteiger partial charge in [0, 0.05) is 11.8 Å². The third-order valence-corrected chi connectivity index (χ3v) is 3.74. The average Bonchev–Trinajstić information content (AvgIpc) is 2.62. The van der Waals surface area contributed by atoms with Crippen molar-refractivity contribution in [2.75, 3.05) is 4.90 Å². The number of para-hydroxylation sites is 2. The lowest BCUT2D eigenvalue weighted by molar-refractivity contribution is 0.476. The van der Waals surface area contributed by atoms with E-state index in [2.05, 4.69) is 4.98 Å². The molecule has 0 aliphatic heterocycles. The Morgan fingerprint density at radius 3 is 2.38 bits per heavy atom. The Balaban J connectivity index is 0.00000243. The molecule has 6 heteroatoms. The van der Waals surface area contributed by atoms with Gasteiger partial charge in [0.05, 0.1) is 6.54 Å². The lowest BCUT2D eigenvalue weighted by Gasteiger charge is -2.23. The summed E-state index contributed by atoms with van der Waals surface area (Å²) in [6, 6.07) is 21.1. The summed E-state index contributed by atoms with van der Waals surface area (Å²) in [7, 11) is 0. The van der Waals surface area contributed by atoms with Crippen LogP contribution in [0.1, 0.15) is 11.1 Å². The molecular formula is C20H21ClN4O. The van der Waals surface area contributed by atoms with Crippen LogP contribution in [0.15, 0.2) is 72.9 Å². The van der Waals surface area contributed by atoms with Gasteiger partial charge in [-0.15, -0.1) is 12.4 Å². The SMILES string of the molecule is Cc1ccc(N(Cc2ccccc2Oc2ccccc2)C(=N)N)nc1.Cl. The van der Waals surface area contributed by atoms with Crippen LogP contribution < -0.4 is 15.4 Å². The van der Waals surface area contributed by atoms with Crippen LogP contribution in [0, 0.1) is 12.3 Å². The fraction of sp³-hybridized carbons (Fsp3) is 0.100. The van der Waals surface area contributed by atoms with E-state index < -0.39 is 0 Å². The van der Waals surface area contributed by atoms with Crippen LogP contribution in [0.2, 0.25) is 0 Å². The molecule has 134 valence electrons. The van der Waals surface area contributed by atoms with Gasteiger partial charge in [-0.3, -0.25) is 10.3 Å². The van der Waals surface area contributed by atoms with E-state index in [-0.39, 0.29) is 18.4 Å². The summed E-state index contributed by atoms with van der Waals surface area (Å²) in [4.78, 5) is 6.02. The molecule has 0 aliphatic carbocycles. The molecular weight excluding hydrogens is 348 g/mol. The molecule has 0 unspecified atom stereocenters. The Morgan fingerprint density at radius 2 is 1.73 bits per heavy atom. The van der Waals surface area contributed by atoms with Crippen LogP contribution in [0.25, 0.3) is 0 Å². The van der Waals surface area contributed by atoms with Gasteiger partial charge in [-0.05, 0) is 36.8 Å². The smallest absolute Gasteiger partial charge is 0.194 e. The third kappa shape index (κ3) is 4.74. The average molecular weight is 369 g/mol.